The van der Waals surface area contributed by atoms with E-state index in [1.165, 1.54) is 0 Å². The van der Waals surface area contributed by atoms with Crippen molar-refractivity contribution in [3.8, 4) is 5.75 Å². The second kappa shape index (κ2) is 7.84. The van der Waals surface area contributed by atoms with Gasteiger partial charge in [0.15, 0.2) is 5.79 Å². The van der Waals surface area contributed by atoms with Gasteiger partial charge in [-0.2, -0.15) is 0 Å². The van der Waals surface area contributed by atoms with Crippen molar-refractivity contribution in [3.63, 3.8) is 0 Å². The second-order valence-electron chi connectivity index (χ2n) is 6.13. The Morgan fingerprint density at radius 2 is 1.80 bits per heavy atom. The first kappa shape index (κ1) is 17.7. The highest BCUT2D eigenvalue weighted by Crippen LogP contribution is 2.31. The molecule has 1 aromatic carbocycles. The van der Waals surface area contributed by atoms with Crippen molar-refractivity contribution in [2.75, 3.05) is 39.5 Å². The van der Waals surface area contributed by atoms with Crippen molar-refractivity contribution in [2.24, 2.45) is 0 Å². The number of rotatable bonds is 5. The van der Waals surface area contributed by atoms with Gasteiger partial charge in [0.2, 0.25) is 5.91 Å². The van der Waals surface area contributed by atoms with Crippen LogP contribution < -0.4 is 10.1 Å². The molecule has 0 aromatic heterocycles. The van der Waals surface area contributed by atoms with Crippen molar-refractivity contribution in [3.05, 3.63) is 29.8 Å². The van der Waals surface area contributed by atoms with E-state index in [1.807, 2.05) is 6.92 Å². The number of hydrogen-bond acceptors (Lipinski definition) is 5. The summed E-state index contributed by atoms with van der Waals surface area (Å²) in [5, 5.41) is 2.68. The second-order valence-corrected chi connectivity index (χ2v) is 6.13. The van der Waals surface area contributed by atoms with Crippen LogP contribution in [-0.4, -0.2) is 62.0 Å². The molecule has 136 valence electrons. The molecule has 25 heavy (non-hydrogen) atoms. The van der Waals surface area contributed by atoms with Gasteiger partial charge in [0.1, 0.15) is 5.75 Å². The average molecular weight is 348 g/mol. The average Bonchev–Trinajstić information content (AvgIpc) is 3.09. The predicted molar refractivity (Wildman–Crippen MR) is 90.4 cm³/mol. The molecule has 2 aliphatic rings. The fraction of sp³-hybridized carbons (Fsp3) is 0.556. The summed E-state index contributed by atoms with van der Waals surface area (Å²) in [6, 6.07) is 6.85. The number of carbonyl (C=O) groups excluding carboxylic acids is 2. The van der Waals surface area contributed by atoms with E-state index < -0.39 is 5.79 Å². The summed E-state index contributed by atoms with van der Waals surface area (Å²) in [5.74, 6) is -0.143. The van der Waals surface area contributed by atoms with Crippen LogP contribution in [0.25, 0.3) is 0 Å². The maximum atomic E-state index is 12.3. The lowest BCUT2D eigenvalue weighted by Gasteiger charge is -2.37. The molecule has 2 aliphatic heterocycles. The zero-order valence-corrected chi connectivity index (χ0v) is 14.5. The molecule has 2 heterocycles. The van der Waals surface area contributed by atoms with Crippen LogP contribution in [0, 0.1) is 0 Å². The molecular formula is C18H24N2O5. The number of ether oxygens (including phenoxy) is 3. The summed E-state index contributed by atoms with van der Waals surface area (Å²) < 4.78 is 16.6. The molecule has 0 radical (unpaired) electrons. The fourth-order valence-electron chi connectivity index (χ4n) is 3.12. The number of nitrogens with zero attached hydrogens (tertiary/aromatic N) is 1. The maximum Gasteiger partial charge on any atom is 0.251 e. The smallest absolute Gasteiger partial charge is 0.251 e. The van der Waals surface area contributed by atoms with E-state index in [-0.39, 0.29) is 18.4 Å². The minimum absolute atomic E-state index is 0.0131. The zero-order valence-electron chi connectivity index (χ0n) is 14.5. The Labute approximate surface area is 147 Å². The van der Waals surface area contributed by atoms with Gasteiger partial charge in [0.25, 0.3) is 5.91 Å². The number of likely N-dealkylation sites (tertiary alicyclic amines) is 1. The van der Waals surface area contributed by atoms with E-state index >= 15 is 0 Å². The molecule has 2 saturated heterocycles. The quantitative estimate of drug-likeness (QED) is 0.865. The Bertz CT molecular complexity index is 600. The largest absolute Gasteiger partial charge is 0.494 e. The van der Waals surface area contributed by atoms with E-state index in [1.54, 1.807) is 29.2 Å². The number of hydrogen-bond donors (Lipinski definition) is 1. The van der Waals surface area contributed by atoms with Crippen molar-refractivity contribution < 1.29 is 23.8 Å². The Morgan fingerprint density at radius 3 is 2.40 bits per heavy atom. The molecular weight excluding hydrogens is 324 g/mol. The minimum Gasteiger partial charge on any atom is -0.494 e. The van der Waals surface area contributed by atoms with Gasteiger partial charge in [-0.3, -0.25) is 9.59 Å². The lowest BCUT2D eigenvalue weighted by Crippen LogP contribution is -2.49. The van der Waals surface area contributed by atoms with Gasteiger partial charge in [-0.15, -0.1) is 0 Å². The van der Waals surface area contributed by atoms with Crippen molar-refractivity contribution in [2.45, 2.75) is 25.6 Å². The van der Waals surface area contributed by atoms with Crippen molar-refractivity contribution >= 4 is 11.8 Å². The lowest BCUT2D eigenvalue weighted by molar-refractivity contribution is -0.187. The van der Waals surface area contributed by atoms with Gasteiger partial charge >= 0.3 is 0 Å². The summed E-state index contributed by atoms with van der Waals surface area (Å²) >= 11 is 0. The lowest BCUT2D eigenvalue weighted by atomic mass is 10.0. The highest BCUT2D eigenvalue weighted by atomic mass is 16.7. The number of nitrogens with one attached hydrogen (secondary N) is 1. The molecule has 1 spiro atoms. The molecule has 7 nitrogen and oxygen atoms in total. The summed E-state index contributed by atoms with van der Waals surface area (Å²) in [5.41, 5.74) is 0.501. The Balaban J connectivity index is 1.45. The van der Waals surface area contributed by atoms with Gasteiger partial charge in [-0.05, 0) is 31.2 Å². The van der Waals surface area contributed by atoms with Gasteiger partial charge < -0.3 is 24.4 Å². The SMILES string of the molecule is CCOc1ccc(C(=O)NCC(=O)N2CCC3(CC2)OCCO3)cc1. The monoisotopic (exact) mass is 348 g/mol. The first-order valence-corrected chi connectivity index (χ1v) is 8.69. The number of benzene rings is 1. The highest BCUT2D eigenvalue weighted by Gasteiger charge is 2.40. The van der Waals surface area contributed by atoms with Gasteiger partial charge in [-0.25, -0.2) is 0 Å². The highest BCUT2D eigenvalue weighted by molar-refractivity contribution is 5.96. The molecule has 0 bridgehead atoms. The van der Waals surface area contributed by atoms with Crippen molar-refractivity contribution in [1.29, 1.82) is 0 Å². The van der Waals surface area contributed by atoms with Crippen LogP contribution in [-0.2, 0) is 14.3 Å². The van der Waals surface area contributed by atoms with E-state index in [9.17, 15) is 9.59 Å². The standard InChI is InChI=1S/C18H24N2O5/c1-2-23-15-5-3-14(4-6-15)17(22)19-13-16(21)20-9-7-18(8-10-20)24-11-12-25-18/h3-6H,2,7-13H2,1H3,(H,19,22). The number of piperidine rings is 1. The van der Waals surface area contributed by atoms with Gasteiger partial charge in [0.05, 0.1) is 26.4 Å². The van der Waals surface area contributed by atoms with E-state index in [2.05, 4.69) is 5.32 Å². The summed E-state index contributed by atoms with van der Waals surface area (Å²) in [4.78, 5) is 26.2. The topological polar surface area (TPSA) is 77.1 Å². The van der Waals surface area contributed by atoms with E-state index in [4.69, 9.17) is 14.2 Å². The van der Waals surface area contributed by atoms with Gasteiger partial charge in [-0.1, -0.05) is 0 Å². The summed E-state index contributed by atoms with van der Waals surface area (Å²) in [7, 11) is 0. The third-order valence-corrected chi connectivity index (χ3v) is 4.52. The van der Waals surface area contributed by atoms with E-state index in [0.29, 0.717) is 57.1 Å². The molecule has 0 aliphatic carbocycles. The summed E-state index contributed by atoms with van der Waals surface area (Å²) in [6.07, 6.45) is 1.34. The normalized spacial score (nSPS) is 19.0. The van der Waals surface area contributed by atoms with Crippen LogP contribution in [0.3, 0.4) is 0 Å². The number of amides is 2. The third-order valence-electron chi connectivity index (χ3n) is 4.52. The van der Waals surface area contributed by atoms with Crippen LogP contribution in [0.1, 0.15) is 30.1 Å². The van der Waals surface area contributed by atoms with Crippen LogP contribution in [0.4, 0.5) is 0 Å². The van der Waals surface area contributed by atoms with Crippen LogP contribution in [0.2, 0.25) is 0 Å². The van der Waals surface area contributed by atoms with Gasteiger partial charge in [0, 0.05) is 31.5 Å². The summed E-state index contributed by atoms with van der Waals surface area (Å²) in [6.45, 7) is 4.86. The Kier molecular flexibility index (Phi) is 5.55. The van der Waals surface area contributed by atoms with Crippen LogP contribution >= 0.6 is 0 Å². The molecule has 0 unspecified atom stereocenters. The zero-order chi connectivity index (χ0) is 17.7. The molecule has 1 N–H and O–H groups in total. The van der Waals surface area contributed by atoms with Crippen LogP contribution in [0.15, 0.2) is 24.3 Å². The molecule has 2 amide bonds. The van der Waals surface area contributed by atoms with Crippen molar-refractivity contribution in [1.82, 2.24) is 10.2 Å². The molecule has 7 heteroatoms. The fourth-order valence-corrected chi connectivity index (χ4v) is 3.12. The third kappa shape index (κ3) is 4.29. The molecule has 2 fully saturated rings. The molecule has 0 saturated carbocycles. The first-order chi connectivity index (χ1) is 12.1. The predicted octanol–water partition coefficient (Wildman–Crippen LogP) is 1.18. The number of carbonyl (C=O) groups is 2. The Morgan fingerprint density at radius 1 is 1.16 bits per heavy atom. The maximum absolute atomic E-state index is 12.3. The molecule has 1 aromatic rings. The first-order valence-electron chi connectivity index (χ1n) is 8.69. The minimum atomic E-state index is -0.498. The van der Waals surface area contributed by atoms with E-state index in [0.717, 1.165) is 0 Å². The van der Waals surface area contributed by atoms with Crippen LogP contribution in [0.5, 0.6) is 5.75 Å². The molecule has 0 atom stereocenters. The Hall–Kier alpha value is -2.12. The molecule has 3 rings (SSSR count).